The van der Waals surface area contributed by atoms with Crippen LogP contribution in [0.15, 0.2) is 60.2 Å². The van der Waals surface area contributed by atoms with Gasteiger partial charge in [0.15, 0.2) is 23.3 Å². The Hall–Kier alpha value is -3.15. The predicted molar refractivity (Wildman–Crippen MR) is 168 cm³/mol. The number of nitrogen functional groups attached to an aromatic ring is 1. The quantitative estimate of drug-likeness (QED) is 0.280. The first kappa shape index (κ1) is 31.1. The van der Waals surface area contributed by atoms with E-state index in [0.717, 1.165) is 28.9 Å². The normalized spacial score (nSPS) is 42.9. The summed E-state index contributed by atoms with van der Waals surface area (Å²) >= 11 is 0. The van der Waals surface area contributed by atoms with Crippen molar-refractivity contribution in [1.29, 1.82) is 0 Å². The largest absolute Gasteiger partial charge is 0.493 e. The highest BCUT2D eigenvalue weighted by Crippen LogP contribution is 2.72. The lowest BCUT2D eigenvalue weighted by atomic mass is 9.44. The molecule has 4 fully saturated rings. The molecule has 8 nitrogen and oxygen atoms in total. The van der Waals surface area contributed by atoms with E-state index in [0.29, 0.717) is 24.3 Å². The smallest absolute Gasteiger partial charge is 0.193 e. The van der Waals surface area contributed by atoms with E-state index in [1.807, 2.05) is 36.4 Å². The van der Waals surface area contributed by atoms with Crippen molar-refractivity contribution < 1.29 is 43.1 Å². The summed E-state index contributed by atoms with van der Waals surface area (Å²) in [5.74, 6) is -1.32. The van der Waals surface area contributed by atoms with Gasteiger partial charge >= 0.3 is 0 Å². The number of halogens is 2. The number of carbonyl (C=O) groups is 1. The summed E-state index contributed by atoms with van der Waals surface area (Å²) in [6, 6.07) is 11.5. The summed E-state index contributed by atoms with van der Waals surface area (Å²) < 4.78 is 52.3. The summed E-state index contributed by atoms with van der Waals surface area (Å²) in [7, 11) is 0. The van der Waals surface area contributed by atoms with Gasteiger partial charge in [0.25, 0.3) is 0 Å². The average Bonchev–Trinajstić information content (AvgIpc) is 3.73. The zero-order valence-corrected chi connectivity index (χ0v) is 26.5. The molecule has 10 heteroatoms. The second kappa shape index (κ2) is 10.4. The number of anilines is 1. The minimum absolute atomic E-state index is 0.137. The van der Waals surface area contributed by atoms with Crippen LogP contribution >= 0.6 is 0 Å². The number of Topliss-reactive ketones (excluding diaryl/α,β-unsaturated/α-hetero) is 1. The first-order valence-corrected chi connectivity index (χ1v) is 16.6. The van der Waals surface area contributed by atoms with Gasteiger partial charge in [0.2, 0.25) is 0 Å². The number of hydrogen-bond acceptors (Lipinski definition) is 8. The molecule has 5 N–H and O–H groups in total. The van der Waals surface area contributed by atoms with Crippen LogP contribution in [0.2, 0.25) is 0 Å². The number of carbonyl (C=O) groups excluding carboxylic acids is 1. The minimum Gasteiger partial charge on any atom is -0.493 e. The maximum absolute atomic E-state index is 17.6. The molecule has 1 unspecified atom stereocenters. The van der Waals surface area contributed by atoms with Crippen LogP contribution < -0.4 is 10.5 Å². The number of nitrogens with two attached hydrogens (primary N) is 1. The van der Waals surface area contributed by atoms with Gasteiger partial charge in [-0.2, -0.15) is 0 Å². The van der Waals surface area contributed by atoms with E-state index >= 15 is 8.78 Å². The molecule has 0 aromatic heterocycles. The van der Waals surface area contributed by atoms with E-state index in [4.69, 9.17) is 19.9 Å². The first-order chi connectivity index (χ1) is 22.4. The summed E-state index contributed by atoms with van der Waals surface area (Å²) in [5.41, 5.74) is 4.33. The molecule has 0 radical (unpaired) electrons. The van der Waals surface area contributed by atoms with Gasteiger partial charge in [0.1, 0.15) is 18.5 Å². The van der Waals surface area contributed by atoms with Gasteiger partial charge < -0.3 is 35.3 Å². The molecule has 6 aliphatic rings. The number of alkyl halides is 2. The number of ether oxygens (including phenoxy) is 3. The van der Waals surface area contributed by atoms with Gasteiger partial charge in [-0.15, -0.1) is 0 Å². The lowest BCUT2D eigenvalue weighted by molar-refractivity contribution is -0.235. The molecule has 0 spiro atoms. The number of rotatable bonds is 5. The topological polar surface area (TPSA) is 131 Å². The van der Waals surface area contributed by atoms with Crippen LogP contribution in [0.4, 0.5) is 14.5 Å². The molecule has 2 aromatic rings. The summed E-state index contributed by atoms with van der Waals surface area (Å²) in [6.45, 7) is 3.18. The molecule has 11 atom stereocenters. The van der Waals surface area contributed by atoms with E-state index in [2.05, 4.69) is 0 Å². The van der Waals surface area contributed by atoms with E-state index in [1.54, 1.807) is 13.8 Å². The van der Waals surface area contributed by atoms with Crippen molar-refractivity contribution in [2.24, 2.45) is 22.7 Å². The number of ketones is 1. The number of allylic oxidation sites excluding steroid dienone is 2. The monoisotopic (exact) mass is 649 g/mol. The third-order valence-corrected chi connectivity index (χ3v) is 12.6. The fourth-order valence-corrected chi connectivity index (χ4v) is 10.4. The Kier molecular flexibility index (Phi) is 6.91. The van der Waals surface area contributed by atoms with Crippen LogP contribution in [0.3, 0.4) is 0 Å². The summed E-state index contributed by atoms with van der Waals surface area (Å²) in [5, 5.41) is 32.1. The van der Waals surface area contributed by atoms with Crippen LogP contribution in [0, 0.1) is 22.7 Å². The van der Waals surface area contributed by atoms with E-state index in [9.17, 15) is 20.1 Å². The van der Waals surface area contributed by atoms with Gasteiger partial charge in [-0.25, -0.2) is 8.78 Å². The Morgan fingerprint density at radius 3 is 2.62 bits per heavy atom. The molecule has 4 aliphatic carbocycles. The van der Waals surface area contributed by atoms with Gasteiger partial charge in [-0.1, -0.05) is 43.3 Å². The number of hydrogen-bond donors (Lipinski definition) is 4. The summed E-state index contributed by atoms with van der Waals surface area (Å²) in [6.07, 6.45) is -0.308. The molecule has 2 aromatic carbocycles. The third-order valence-electron chi connectivity index (χ3n) is 12.6. The molecule has 250 valence electrons. The maximum atomic E-state index is 17.6. The molecule has 0 bridgehead atoms. The first-order valence-electron chi connectivity index (χ1n) is 16.6. The minimum atomic E-state index is -2.25. The third kappa shape index (κ3) is 4.05. The van der Waals surface area contributed by atoms with Crippen molar-refractivity contribution in [2.45, 2.75) is 88.0 Å². The van der Waals surface area contributed by atoms with Crippen molar-refractivity contribution in [3.63, 3.8) is 0 Å². The number of fused-ring (bicyclic) bond motifs is 8. The van der Waals surface area contributed by atoms with Gasteiger partial charge in [-0.3, -0.25) is 4.79 Å². The average molecular weight is 650 g/mol. The predicted octanol–water partition coefficient (Wildman–Crippen LogP) is 4.23. The Labute approximate surface area is 272 Å². The zero-order valence-electron chi connectivity index (χ0n) is 26.5. The van der Waals surface area contributed by atoms with Gasteiger partial charge in [0, 0.05) is 46.0 Å². The van der Waals surface area contributed by atoms with Crippen LogP contribution in [-0.4, -0.2) is 70.1 Å². The van der Waals surface area contributed by atoms with Crippen LogP contribution in [0.1, 0.15) is 61.7 Å². The van der Waals surface area contributed by atoms with Crippen LogP contribution in [-0.2, 0) is 27.1 Å². The Morgan fingerprint density at radius 2 is 1.87 bits per heavy atom. The highest BCUT2D eigenvalue weighted by atomic mass is 19.1. The van der Waals surface area contributed by atoms with Gasteiger partial charge in [-0.05, 0) is 67.4 Å². The second-order valence-corrected chi connectivity index (χ2v) is 14.8. The van der Waals surface area contributed by atoms with Crippen molar-refractivity contribution in [3.8, 4) is 5.75 Å². The Balaban J connectivity index is 1.10. The fourth-order valence-electron chi connectivity index (χ4n) is 10.4. The number of aliphatic hydroxyl groups is 3. The van der Waals surface area contributed by atoms with Crippen molar-refractivity contribution in [3.05, 3.63) is 82.5 Å². The Morgan fingerprint density at radius 1 is 1.11 bits per heavy atom. The van der Waals surface area contributed by atoms with E-state index < -0.39 is 77.1 Å². The molecular formula is C37H41F2NO7. The van der Waals surface area contributed by atoms with Crippen molar-refractivity contribution in [1.82, 2.24) is 0 Å². The molecule has 2 aliphatic heterocycles. The molecule has 8 rings (SSSR count). The standard InChI is InChI=1S/C37H41F2NO7/c1-34-9-7-23(42)14-27(34)28(38)15-26-25-16-32-37(31(44)18-41,35(25,2)17-30(43)36(26,34)39)47-33(46-32)20-5-3-19(4-6-20)11-21-12-22(40)13-29-24(21)8-10-45-29/h3-7,9,12-14,23,25-26,28,30,32-33,41-43H,8,10-11,15-18,40H2,1-2H3/t23?,25-,26-,28-,30-,32+,33+,34-,35-,36-,37+/m0/s1. The molecule has 1 saturated heterocycles. The van der Waals surface area contributed by atoms with E-state index in [-0.39, 0.29) is 24.8 Å². The van der Waals surface area contributed by atoms with E-state index in [1.165, 1.54) is 18.2 Å². The van der Waals surface area contributed by atoms with Crippen LogP contribution in [0.25, 0.3) is 0 Å². The summed E-state index contributed by atoms with van der Waals surface area (Å²) in [4.78, 5) is 13.8. The van der Waals surface area contributed by atoms with Gasteiger partial charge in [0.05, 0.1) is 24.9 Å². The van der Waals surface area contributed by atoms with Crippen molar-refractivity contribution >= 4 is 11.5 Å². The lowest BCUT2D eigenvalue weighted by Crippen LogP contribution is -2.70. The highest BCUT2D eigenvalue weighted by Gasteiger charge is 2.80. The molecular weight excluding hydrogens is 608 g/mol. The molecule has 47 heavy (non-hydrogen) atoms. The highest BCUT2D eigenvalue weighted by molar-refractivity contribution is 5.91. The second-order valence-electron chi connectivity index (χ2n) is 14.8. The molecule has 2 heterocycles. The van der Waals surface area contributed by atoms with Crippen LogP contribution in [0.5, 0.6) is 5.75 Å². The zero-order chi connectivity index (χ0) is 33.1. The maximum Gasteiger partial charge on any atom is 0.193 e. The number of aliphatic hydroxyl groups excluding tert-OH is 3. The number of benzene rings is 2. The van der Waals surface area contributed by atoms with Crippen molar-refractivity contribution in [2.75, 3.05) is 18.9 Å². The fraction of sp³-hybridized carbons (Fsp3) is 0.541. The molecule has 0 amide bonds. The lowest BCUT2D eigenvalue weighted by Gasteiger charge is -2.63. The molecule has 3 saturated carbocycles. The Bertz CT molecular complexity index is 1700. The SMILES string of the molecule is C[C@]12C=CC(O)C=C1[C@@H](F)C[C@H]1[C@@H]3C[C@H]4O[C@@H](c5ccc(Cc6cc(N)cc7c6CCO7)cc5)O[C@@]4(C(=O)CO)[C@@]3(C)C[C@H](O)[C@@]12F.